The minimum absolute atomic E-state index is 0.442. The van der Waals surface area contributed by atoms with Gasteiger partial charge in [0, 0.05) is 6.61 Å². The van der Waals surface area contributed by atoms with E-state index in [0.29, 0.717) is 16.9 Å². The first-order valence-electron chi connectivity index (χ1n) is 16.5. The van der Waals surface area contributed by atoms with Crippen molar-refractivity contribution < 1.29 is 4.74 Å². The first kappa shape index (κ1) is 29.6. The second-order valence-electron chi connectivity index (χ2n) is 14.6. The number of hydrogen-bond acceptors (Lipinski definition) is 3. The lowest BCUT2D eigenvalue weighted by Gasteiger charge is -2.58. The number of nitrogens with two attached hydrogens (primary N) is 1. The molecule has 0 amide bonds. The Labute approximate surface area is 230 Å². The number of ether oxygens (including phenoxy) is 1. The molecule has 0 aromatic heterocycles. The molecule has 0 bridgehead atoms. The van der Waals surface area contributed by atoms with Crippen molar-refractivity contribution in [3.8, 4) is 0 Å². The Hall–Kier alpha value is -0.380. The van der Waals surface area contributed by atoms with Crippen LogP contribution in [0.2, 0.25) is 0 Å². The fraction of sp³-hybridized carbons (Fsp3) is 0.941. The lowest BCUT2D eigenvalue weighted by molar-refractivity contribution is -0.0641. The molecule has 3 saturated carbocycles. The predicted octanol–water partition coefficient (Wildman–Crippen LogP) is 8.13. The smallest absolute Gasteiger partial charge is 0.0612 e. The Bertz CT molecular complexity index is 733. The van der Waals surface area contributed by atoms with Gasteiger partial charge in [0.2, 0.25) is 0 Å². The summed E-state index contributed by atoms with van der Waals surface area (Å²) in [5, 5.41) is 3.49. The van der Waals surface area contributed by atoms with Crippen molar-refractivity contribution in [3.63, 3.8) is 0 Å². The molecule has 0 aliphatic heterocycles. The lowest BCUT2D eigenvalue weighted by atomic mass is 9.47. The highest BCUT2D eigenvalue weighted by atomic mass is 16.5. The second-order valence-corrected chi connectivity index (χ2v) is 14.6. The Balaban J connectivity index is 1.29. The molecule has 214 valence electrons. The minimum atomic E-state index is 0.442. The van der Waals surface area contributed by atoms with Crippen LogP contribution in [0.4, 0.5) is 0 Å². The number of rotatable bonds is 14. The van der Waals surface area contributed by atoms with Gasteiger partial charge in [-0.05, 0) is 137 Å². The quantitative estimate of drug-likeness (QED) is 0.182. The molecule has 0 radical (unpaired) electrons. The van der Waals surface area contributed by atoms with E-state index in [-0.39, 0.29) is 0 Å². The van der Waals surface area contributed by atoms with Crippen molar-refractivity contribution in [1.29, 1.82) is 0 Å². The molecule has 7 unspecified atom stereocenters. The number of fused-ring (bicyclic) bond motifs is 5. The largest absolute Gasteiger partial charge is 0.378 e. The summed E-state index contributed by atoms with van der Waals surface area (Å²) >= 11 is 0. The zero-order valence-electron chi connectivity index (χ0n) is 25.3. The summed E-state index contributed by atoms with van der Waals surface area (Å²) in [5.41, 5.74) is 8.38. The zero-order chi connectivity index (χ0) is 26.5. The maximum absolute atomic E-state index is 6.42. The summed E-state index contributed by atoms with van der Waals surface area (Å²) < 4.78 is 6.42. The summed E-state index contributed by atoms with van der Waals surface area (Å²) in [4.78, 5) is 0. The van der Waals surface area contributed by atoms with Crippen molar-refractivity contribution in [2.24, 2.45) is 52.1 Å². The van der Waals surface area contributed by atoms with Gasteiger partial charge in [-0.2, -0.15) is 0 Å². The van der Waals surface area contributed by atoms with Crippen LogP contribution in [0.1, 0.15) is 125 Å². The molecule has 4 aliphatic carbocycles. The number of unbranched alkanes of at least 4 members (excludes halogenated alkanes) is 1. The van der Waals surface area contributed by atoms with Gasteiger partial charge in [0.25, 0.3) is 0 Å². The molecular weight excluding hydrogens is 452 g/mol. The second kappa shape index (κ2) is 13.3. The number of allylic oxidation sites excluding steroid dienone is 1. The van der Waals surface area contributed by atoms with Gasteiger partial charge >= 0.3 is 0 Å². The van der Waals surface area contributed by atoms with E-state index in [1.54, 1.807) is 5.57 Å². The first-order chi connectivity index (χ1) is 17.8. The fourth-order valence-electron chi connectivity index (χ4n) is 9.75. The predicted molar refractivity (Wildman–Crippen MR) is 159 cm³/mol. The molecule has 3 nitrogen and oxygen atoms in total. The van der Waals surface area contributed by atoms with Gasteiger partial charge < -0.3 is 15.8 Å². The van der Waals surface area contributed by atoms with E-state index < -0.39 is 0 Å². The summed E-state index contributed by atoms with van der Waals surface area (Å²) in [6.45, 7) is 16.6. The molecule has 0 heterocycles. The molecule has 4 aliphatic rings. The average molecular weight is 515 g/mol. The summed E-state index contributed by atoms with van der Waals surface area (Å²) in [6.07, 6.45) is 22.1. The van der Waals surface area contributed by atoms with Crippen molar-refractivity contribution in [2.75, 3.05) is 26.2 Å². The van der Waals surface area contributed by atoms with Crippen molar-refractivity contribution in [3.05, 3.63) is 11.6 Å². The third-order valence-electron chi connectivity index (χ3n) is 11.9. The van der Waals surface area contributed by atoms with E-state index in [1.807, 2.05) is 0 Å². The van der Waals surface area contributed by atoms with Crippen LogP contribution in [0, 0.1) is 46.3 Å². The SMILES string of the molecule is CC(C)CCC[C@@H](C)C1CCC2C3CC=C4CC(OCCCCNCCCN)CCC4(C)C3CCC21C. The number of hydrogen-bond donors (Lipinski definition) is 2. The standard InChI is InChI=1S/C34H62N2O/c1-25(2)10-8-11-26(3)30-14-15-31-29-13-12-27-24-28(37-23-7-6-21-36-22-9-20-35)16-18-33(27,4)32(29)17-19-34(30,31)5/h12,25-26,28-32,36H,6-11,13-24,35H2,1-5H3/t26-,28?,29?,30?,31?,32?,33?,34?/m1/s1. The molecule has 37 heavy (non-hydrogen) atoms. The van der Waals surface area contributed by atoms with Crippen LogP contribution in [0.5, 0.6) is 0 Å². The monoisotopic (exact) mass is 514 g/mol. The van der Waals surface area contributed by atoms with E-state index in [9.17, 15) is 0 Å². The van der Waals surface area contributed by atoms with Gasteiger partial charge in [-0.3, -0.25) is 0 Å². The first-order valence-corrected chi connectivity index (χ1v) is 16.5. The Morgan fingerprint density at radius 2 is 1.76 bits per heavy atom. The summed E-state index contributed by atoms with van der Waals surface area (Å²) in [6, 6.07) is 0. The average Bonchev–Trinajstić information content (AvgIpc) is 3.22. The van der Waals surface area contributed by atoms with Gasteiger partial charge in [-0.1, -0.05) is 65.5 Å². The van der Waals surface area contributed by atoms with Crippen molar-refractivity contribution in [2.45, 2.75) is 131 Å². The molecule has 3 N–H and O–H groups in total. The van der Waals surface area contributed by atoms with Gasteiger partial charge in [-0.15, -0.1) is 0 Å². The van der Waals surface area contributed by atoms with Crippen LogP contribution in [0.25, 0.3) is 0 Å². The normalized spacial score (nSPS) is 38.1. The highest BCUT2D eigenvalue weighted by molar-refractivity contribution is 5.25. The van der Waals surface area contributed by atoms with Crippen LogP contribution in [-0.2, 0) is 4.74 Å². The maximum Gasteiger partial charge on any atom is 0.0612 e. The topological polar surface area (TPSA) is 47.3 Å². The van der Waals surface area contributed by atoms with E-state index in [1.165, 1.54) is 83.5 Å². The zero-order valence-corrected chi connectivity index (χ0v) is 25.3. The van der Waals surface area contributed by atoms with Gasteiger partial charge in [0.05, 0.1) is 6.10 Å². The lowest BCUT2D eigenvalue weighted by Crippen LogP contribution is -2.51. The molecule has 0 aromatic rings. The summed E-state index contributed by atoms with van der Waals surface area (Å²) in [5.74, 6) is 5.54. The molecule has 0 aromatic carbocycles. The Kier molecular flexibility index (Phi) is 10.7. The van der Waals surface area contributed by atoms with Crippen LogP contribution < -0.4 is 11.1 Å². The molecule has 3 heteroatoms. The summed E-state index contributed by atoms with van der Waals surface area (Å²) in [7, 11) is 0. The van der Waals surface area contributed by atoms with Crippen molar-refractivity contribution >= 4 is 0 Å². The van der Waals surface area contributed by atoms with Crippen LogP contribution >= 0.6 is 0 Å². The van der Waals surface area contributed by atoms with Gasteiger partial charge in [-0.25, -0.2) is 0 Å². The third-order valence-corrected chi connectivity index (χ3v) is 11.9. The molecule has 0 saturated heterocycles. The molecule has 0 spiro atoms. The Morgan fingerprint density at radius 3 is 2.54 bits per heavy atom. The van der Waals surface area contributed by atoms with E-state index >= 15 is 0 Å². The maximum atomic E-state index is 6.42. The minimum Gasteiger partial charge on any atom is -0.378 e. The third kappa shape index (κ3) is 6.68. The van der Waals surface area contributed by atoms with Crippen LogP contribution in [0.15, 0.2) is 11.6 Å². The van der Waals surface area contributed by atoms with Gasteiger partial charge in [0.15, 0.2) is 0 Å². The molecule has 8 atom stereocenters. The highest BCUT2D eigenvalue weighted by Crippen LogP contribution is 2.67. The van der Waals surface area contributed by atoms with E-state index in [2.05, 4.69) is 46.0 Å². The van der Waals surface area contributed by atoms with Crippen LogP contribution in [-0.4, -0.2) is 32.3 Å². The highest BCUT2D eigenvalue weighted by Gasteiger charge is 2.59. The molecule has 4 rings (SSSR count). The Morgan fingerprint density at radius 1 is 0.946 bits per heavy atom. The van der Waals surface area contributed by atoms with E-state index in [4.69, 9.17) is 10.5 Å². The molecule has 3 fully saturated rings. The van der Waals surface area contributed by atoms with Gasteiger partial charge in [0.1, 0.15) is 0 Å². The fourth-order valence-corrected chi connectivity index (χ4v) is 9.75. The van der Waals surface area contributed by atoms with E-state index in [0.717, 1.165) is 68.2 Å². The van der Waals surface area contributed by atoms with Crippen LogP contribution in [0.3, 0.4) is 0 Å². The number of nitrogens with one attached hydrogen (secondary N) is 1. The molecular formula is C34H62N2O. The van der Waals surface area contributed by atoms with Crippen molar-refractivity contribution in [1.82, 2.24) is 5.32 Å².